The molecule has 0 radical (unpaired) electrons. The summed E-state index contributed by atoms with van der Waals surface area (Å²) in [6.07, 6.45) is 8.20. The summed E-state index contributed by atoms with van der Waals surface area (Å²) in [5, 5.41) is 5.54. The summed E-state index contributed by atoms with van der Waals surface area (Å²) in [5.74, 6) is 1.35. The Morgan fingerprint density at radius 2 is 2.03 bits per heavy atom. The molecule has 1 aliphatic heterocycles. The third kappa shape index (κ3) is 4.53. The number of para-hydroxylation sites is 1. The van der Waals surface area contributed by atoms with Gasteiger partial charge in [0, 0.05) is 54.6 Å². The Bertz CT molecular complexity index is 1170. The van der Waals surface area contributed by atoms with Crippen molar-refractivity contribution in [1.82, 2.24) is 19.3 Å². The number of fused-ring (bicyclic) bond motifs is 1. The zero-order valence-electron chi connectivity index (χ0n) is 18.0. The number of nitrogens with zero attached hydrogens (tertiary/aromatic N) is 4. The lowest BCUT2D eigenvalue weighted by Gasteiger charge is -2.32. The van der Waals surface area contributed by atoms with Crippen molar-refractivity contribution in [2.75, 3.05) is 18.4 Å². The number of thiazole rings is 1. The molecule has 0 aliphatic carbocycles. The molecule has 0 saturated carbocycles. The summed E-state index contributed by atoms with van der Waals surface area (Å²) in [6.45, 7) is 1.59. The second-order valence-corrected chi connectivity index (χ2v) is 9.14. The van der Waals surface area contributed by atoms with Crippen molar-refractivity contribution in [2.24, 2.45) is 0 Å². The second-order valence-electron chi connectivity index (χ2n) is 8.24. The van der Waals surface area contributed by atoms with Gasteiger partial charge in [0.1, 0.15) is 4.83 Å². The van der Waals surface area contributed by atoms with Crippen LogP contribution in [-0.4, -0.2) is 38.3 Å². The number of rotatable bonds is 7. The molecule has 5 rings (SSSR count). The highest BCUT2D eigenvalue weighted by molar-refractivity contribution is 7.15. The van der Waals surface area contributed by atoms with Crippen LogP contribution in [0.5, 0.6) is 0 Å². The van der Waals surface area contributed by atoms with E-state index in [2.05, 4.69) is 26.3 Å². The maximum absolute atomic E-state index is 12.9. The van der Waals surface area contributed by atoms with Gasteiger partial charge in [-0.05, 0) is 49.9 Å². The van der Waals surface area contributed by atoms with Crippen molar-refractivity contribution in [3.63, 3.8) is 0 Å². The molecule has 32 heavy (non-hydrogen) atoms. The SMILES string of the molecule is O=C(CCCc1ccccn1)N1CCCC(c2nc(Nc3ccccc3)n3ccsc23)C1. The van der Waals surface area contributed by atoms with E-state index in [1.807, 2.05) is 59.6 Å². The number of aromatic nitrogens is 3. The number of aryl methyl sites for hydroxylation is 1. The first-order valence-corrected chi connectivity index (χ1v) is 12.1. The molecule has 4 heterocycles. The van der Waals surface area contributed by atoms with Crippen LogP contribution in [-0.2, 0) is 11.2 Å². The summed E-state index contributed by atoms with van der Waals surface area (Å²) in [6, 6.07) is 16.1. The van der Waals surface area contributed by atoms with Crippen molar-refractivity contribution >= 4 is 33.7 Å². The lowest BCUT2D eigenvalue weighted by atomic mass is 9.95. The molecule has 4 aromatic rings. The molecule has 0 bridgehead atoms. The molecule has 1 amide bonds. The van der Waals surface area contributed by atoms with E-state index in [1.54, 1.807) is 11.3 Å². The first-order chi connectivity index (χ1) is 15.8. The van der Waals surface area contributed by atoms with Gasteiger partial charge in [0.2, 0.25) is 11.9 Å². The van der Waals surface area contributed by atoms with Gasteiger partial charge < -0.3 is 10.2 Å². The lowest BCUT2D eigenvalue weighted by molar-refractivity contribution is -0.132. The number of piperidine rings is 1. The summed E-state index contributed by atoms with van der Waals surface area (Å²) < 4.78 is 2.13. The molecule has 1 fully saturated rings. The Kier molecular flexibility index (Phi) is 6.16. The minimum atomic E-state index is 0.245. The largest absolute Gasteiger partial charge is 0.342 e. The maximum Gasteiger partial charge on any atom is 0.222 e. The molecule has 0 spiro atoms. The van der Waals surface area contributed by atoms with Crippen molar-refractivity contribution in [3.05, 3.63) is 77.7 Å². The van der Waals surface area contributed by atoms with E-state index >= 15 is 0 Å². The smallest absolute Gasteiger partial charge is 0.222 e. The van der Waals surface area contributed by atoms with Crippen molar-refractivity contribution in [2.45, 2.75) is 38.0 Å². The molecule has 3 aromatic heterocycles. The topological polar surface area (TPSA) is 62.5 Å². The normalized spacial score (nSPS) is 16.4. The highest BCUT2D eigenvalue weighted by atomic mass is 32.1. The van der Waals surface area contributed by atoms with Crippen LogP contribution < -0.4 is 5.32 Å². The van der Waals surface area contributed by atoms with Gasteiger partial charge in [0.15, 0.2) is 0 Å². The number of anilines is 2. The van der Waals surface area contributed by atoms with Crippen LogP contribution in [0.4, 0.5) is 11.6 Å². The van der Waals surface area contributed by atoms with Gasteiger partial charge in [-0.1, -0.05) is 24.3 Å². The summed E-state index contributed by atoms with van der Waals surface area (Å²) >= 11 is 1.71. The number of hydrogen-bond donors (Lipinski definition) is 1. The van der Waals surface area contributed by atoms with Crippen LogP contribution in [0.2, 0.25) is 0 Å². The van der Waals surface area contributed by atoms with Crippen LogP contribution in [0.3, 0.4) is 0 Å². The number of pyridine rings is 1. The van der Waals surface area contributed by atoms with E-state index in [9.17, 15) is 4.79 Å². The molecule has 164 valence electrons. The van der Waals surface area contributed by atoms with Gasteiger partial charge in [0.05, 0.1) is 5.69 Å². The molecule has 1 N–H and O–H groups in total. The van der Waals surface area contributed by atoms with E-state index in [0.29, 0.717) is 6.42 Å². The fraction of sp³-hybridized carbons (Fsp3) is 0.320. The van der Waals surface area contributed by atoms with Gasteiger partial charge >= 0.3 is 0 Å². The zero-order valence-corrected chi connectivity index (χ0v) is 18.8. The van der Waals surface area contributed by atoms with Crippen LogP contribution in [0.1, 0.15) is 43.0 Å². The van der Waals surface area contributed by atoms with Crippen LogP contribution in [0.25, 0.3) is 4.83 Å². The first kappa shape index (κ1) is 20.7. The average Bonchev–Trinajstić information content (AvgIpc) is 3.44. The van der Waals surface area contributed by atoms with Gasteiger partial charge in [-0.25, -0.2) is 4.98 Å². The van der Waals surface area contributed by atoms with Crippen LogP contribution in [0.15, 0.2) is 66.3 Å². The van der Waals surface area contributed by atoms with E-state index < -0.39 is 0 Å². The second kappa shape index (κ2) is 9.53. The zero-order chi connectivity index (χ0) is 21.8. The number of nitrogens with one attached hydrogen (secondary N) is 1. The third-order valence-corrected chi connectivity index (χ3v) is 6.91. The van der Waals surface area contributed by atoms with Crippen molar-refractivity contribution < 1.29 is 4.79 Å². The fourth-order valence-corrected chi connectivity index (χ4v) is 5.31. The number of carbonyl (C=O) groups is 1. The molecule has 1 aromatic carbocycles. The van der Waals surface area contributed by atoms with Gasteiger partial charge in [-0.2, -0.15) is 0 Å². The number of likely N-dealkylation sites (tertiary alicyclic amines) is 1. The minimum Gasteiger partial charge on any atom is -0.342 e. The molecule has 7 heteroatoms. The highest BCUT2D eigenvalue weighted by Crippen LogP contribution is 2.34. The summed E-state index contributed by atoms with van der Waals surface area (Å²) in [5.41, 5.74) is 3.17. The van der Waals surface area contributed by atoms with E-state index in [-0.39, 0.29) is 11.8 Å². The molecule has 1 saturated heterocycles. The Hall–Kier alpha value is -3.19. The fourth-order valence-electron chi connectivity index (χ4n) is 4.40. The molecular weight excluding hydrogens is 418 g/mol. The Balaban J connectivity index is 1.26. The van der Waals surface area contributed by atoms with E-state index in [4.69, 9.17) is 4.98 Å². The molecule has 1 atom stereocenters. The summed E-state index contributed by atoms with van der Waals surface area (Å²) in [7, 11) is 0. The number of hydrogen-bond acceptors (Lipinski definition) is 5. The monoisotopic (exact) mass is 445 g/mol. The van der Waals surface area contributed by atoms with Gasteiger partial charge in [-0.15, -0.1) is 11.3 Å². The van der Waals surface area contributed by atoms with E-state index in [1.165, 1.54) is 0 Å². The number of benzene rings is 1. The Morgan fingerprint density at radius 3 is 2.88 bits per heavy atom. The van der Waals surface area contributed by atoms with Crippen molar-refractivity contribution in [1.29, 1.82) is 0 Å². The molecular formula is C25H27N5OS. The van der Waals surface area contributed by atoms with Crippen molar-refractivity contribution in [3.8, 4) is 0 Å². The Morgan fingerprint density at radius 1 is 1.16 bits per heavy atom. The quantitative estimate of drug-likeness (QED) is 0.421. The maximum atomic E-state index is 12.9. The van der Waals surface area contributed by atoms with Crippen LogP contribution in [0, 0.1) is 0 Å². The van der Waals surface area contributed by atoms with E-state index in [0.717, 1.165) is 66.6 Å². The predicted molar refractivity (Wildman–Crippen MR) is 129 cm³/mol. The number of amides is 1. The molecule has 1 aliphatic rings. The standard InChI is InChI=1S/C25H27N5OS/c31-22(13-6-12-20-9-4-5-14-26-20)29-15-7-8-19(18-29)23-24-30(16-17-32-24)25(28-23)27-21-10-2-1-3-11-21/h1-5,9-11,14,16-17,19H,6-8,12-13,15,18H2,(H,27,28). The van der Waals surface area contributed by atoms with Gasteiger partial charge in [0.25, 0.3) is 0 Å². The van der Waals surface area contributed by atoms with Gasteiger partial charge in [-0.3, -0.25) is 14.2 Å². The number of imidazole rings is 1. The molecule has 1 unspecified atom stereocenters. The average molecular weight is 446 g/mol. The minimum absolute atomic E-state index is 0.245. The Labute approximate surface area is 191 Å². The third-order valence-electron chi connectivity index (χ3n) is 6.02. The molecule has 6 nitrogen and oxygen atoms in total. The summed E-state index contributed by atoms with van der Waals surface area (Å²) in [4.78, 5) is 25.4. The number of carbonyl (C=O) groups excluding carboxylic acids is 1. The first-order valence-electron chi connectivity index (χ1n) is 11.2. The highest BCUT2D eigenvalue weighted by Gasteiger charge is 2.28. The lowest BCUT2D eigenvalue weighted by Crippen LogP contribution is -2.39. The predicted octanol–water partition coefficient (Wildman–Crippen LogP) is 5.26. The van der Waals surface area contributed by atoms with Crippen LogP contribution >= 0.6 is 11.3 Å².